The SMILES string of the molecule is CC(C)NC(=O)C(C)N1CCCC(C(=O)O)C1. The Hall–Kier alpha value is -1.10. The minimum absolute atomic E-state index is 0.0222. The molecule has 0 aromatic carbocycles. The second kappa shape index (κ2) is 6.00. The first-order chi connectivity index (χ1) is 7.91. The fraction of sp³-hybridized carbons (Fsp3) is 0.833. The average Bonchev–Trinajstić information content (AvgIpc) is 2.27. The fourth-order valence-electron chi connectivity index (χ4n) is 2.13. The zero-order valence-corrected chi connectivity index (χ0v) is 10.8. The van der Waals surface area contributed by atoms with E-state index in [1.54, 1.807) is 0 Å². The summed E-state index contributed by atoms with van der Waals surface area (Å²) >= 11 is 0. The highest BCUT2D eigenvalue weighted by Gasteiger charge is 2.30. The van der Waals surface area contributed by atoms with Crippen molar-refractivity contribution in [1.29, 1.82) is 0 Å². The largest absolute Gasteiger partial charge is 0.481 e. The van der Waals surface area contributed by atoms with Crippen LogP contribution in [0.3, 0.4) is 0 Å². The van der Waals surface area contributed by atoms with Gasteiger partial charge in [-0.15, -0.1) is 0 Å². The number of carbonyl (C=O) groups excluding carboxylic acids is 1. The molecule has 17 heavy (non-hydrogen) atoms. The van der Waals surface area contributed by atoms with Gasteiger partial charge in [-0.25, -0.2) is 0 Å². The lowest BCUT2D eigenvalue weighted by Crippen LogP contribution is -2.51. The Labute approximate surface area is 102 Å². The molecule has 1 rings (SSSR count). The molecule has 1 amide bonds. The van der Waals surface area contributed by atoms with Gasteiger partial charge < -0.3 is 10.4 Å². The Morgan fingerprint density at radius 1 is 1.35 bits per heavy atom. The minimum Gasteiger partial charge on any atom is -0.481 e. The molecule has 0 aromatic rings. The second-order valence-corrected chi connectivity index (χ2v) is 5.01. The highest BCUT2D eigenvalue weighted by Crippen LogP contribution is 2.18. The summed E-state index contributed by atoms with van der Waals surface area (Å²) in [6, 6.07) is -0.135. The first kappa shape index (κ1) is 14.0. The molecule has 5 heteroatoms. The van der Waals surface area contributed by atoms with Gasteiger partial charge in [0.1, 0.15) is 0 Å². The highest BCUT2D eigenvalue weighted by atomic mass is 16.4. The second-order valence-electron chi connectivity index (χ2n) is 5.01. The lowest BCUT2D eigenvalue weighted by molar-refractivity contribution is -0.145. The Kier molecular flexibility index (Phi) is 4.93. The van der Waals surface area contributed by atoms with E-state index in [1.165, 1.54) is 0 Å². The zero-order chi connectivity index (χ0) is 13.0. The molecule has 1 fully saturated rings. The molecule has 0 bridgehead atoms. The number of carbonyl (C=O) groups is 2. The summed E-state index contributed by atoms with van der Waals surface area (Å²) in [5.41, 5.74) is 0. The van der Waals surface area contributed by atoms with Crippen LogP contribution >= 0.6 is 0 Å². The fourth-order valence-corrected chi connectivity index (χ4v) is 2.13. The van der Waals surface area contributed by atoms with Gasteiger partial charge in [-0.2, -0.15) is 0 Å². The van der Waals surface area contributed by atoms with E-state index in [4.69, 9.17) is 5.11 Å². The number of amides is 1. The monoisotopic (exact) mass is 242 g/mol. The van der Waals surface area contributed by atoms with Gasteiger partial charge in [0, 0.05) is 12.6 Å². The topological polar surface area (TPSA) is 69.6 Å². The lowest BCUT2D eigenvalue weighted by atomic mass is 9.97. The quantitative estimate of drug-likeness (QED) is 0.761. The van der Waals surface area contributed by atoms with Crippen molar-refractivity contribution in [2.75, 3.05) is 13.1 Å². The molecule has 2 N–H and O–H groups in total. The molecule has 2 unspecified atom stereocenters. The van der Waals surface area contributed by atoms with Gasteiger partial charge in [-0.05, 0) is 40.2 Å². The van der Waals surface area contributed by atoms with Crippen LogP contribution < -0.4 is 5.32 Å². The lowest BCUT2D eigenvalue weighted by Gasteiger charge is -2.34. The molecule has 0 spiro atoms. The van der Waals surface area contributed by atoms with Crippen molar-refractivity contribution in [3.63, 3.8) is 0 Å². The van der Waals surface area contributed by atoms with Crippen molar-refractivity contribution < 1.29 is 14.7 Å². The number of aliphatic carboxylic acids is 1. The van der Waals surface area contributed by atoms with Gasteiger partial charge in [0.2, 0.25) is 5.91 Å². The molecule has 2 atom stereocenters. The first-order valence-corrected chi connectivity index (χ1v) is 6.19. The molecule has 1 aliphatic rings. The smallest absolute Gasteiger partial charge is 0.307 e. The van der Waals surface area contributed by atoms with E-state index < -0.39 is 5.97 Å². The molecular weight excluding hydrogens is 220 g/mol. The van der Waals surface area contributed by atoms with Gasteiger partial charge in [-0.1, -0.05) is 0 Å². The normalized spacial score (nSPS) is 23.4. The van der Waals surface area contributed by atoms with Crippen LogP contribution in [0.2, 0.25) is 0 Å². The number of rotatable bonds is 4. The minimum atomic E-state index is -0.758. The summed E-state index contributed by atoms with van der Waals surface area (Å²) in [4.78, 5) is 24.7. The third kappa shape index (κ3) is 4.00. The van der Waals surface area contributed by atoms with Gasteiger partial charge in [0.15, 0.2) is 0 Å². The van der Waals surface area contributed by atoms with Crippen LogP contribution in [0.5, 0.6) is 0 Å². The van der Waals surface area contributed by atoms with Gasteiger partial charge in [-0.3, -0.25) is 14.5 Å². The molecule has 98 valence electrons. The molecule has 5 nitrogen and oxygen atoms in total. The summed E-state index contributed by atoms with van der Waals surface area (Å²) in [6.07, 6.45) is 1.56. The van der Waals surface area contributed by atoms with Crippen LogP contribution in [0, 0.1) is 5.92 Å². The van der Waals surface area contributed by atoms with E-state index in [0.29, 0.717) is 13.0 Å². The summed E-state index contributed by atoms with van der Waals surface area (Å²) in [7, 11) is 0. The number of hydrogen-bond donors (Lipinski definition) is 2. The van der Waals surface area contributed by atoms with Crippen LogP contribution in [-0.4, -0.2) is 47.1 Å². The summed E-state index contributed by atoms with van der Waals surface area (Å²) in [6.45, 7) is 6.95. The van der Waals surface area contributed by atoms with E-state index >= 15 is 0 Å². The van der Waals surface area contributed by atoms with Crippen LogP contribution in [0.1, 0.15) is 33.6 Å². The maximum atomic E-state index is 11.8. The average molecular weight is 242 g/mol. The molecular formula is C12H22N2O3. The number of nitrogens with one attached hydrogen (secondary N) is 1. The van der Waals surface area contributed by atoms with Crippen molar-refractivity contribution in [3.05, 3.63) is 0 Å². The third-order valence-corrected chi connectivity index (χ3v) is 3.16. The van der Waals surface area contributed by atoms with Gasteiger partial charge >= 0.3 is 5.97 Å². The molecule has 0 aliphatic carbocycles. The van der Waals surface area contributed by atoms with Crippen molar-refractivity contribution in [2.45, 2.75) is 45.7 Å². The van der Waals surface area contributed by atoms with Crippen molar-refractivity contribution in [2.24, 2.45) is 5.92 Å². The number of carboxylic acid groups (broad SMARTS) is 1. The number of carboxylic acids is 1. The predicted molar refractivity (Wildman–Crippen MR) is 64.7 cm³/mol. The summed E-state index contributed by atoms with van der Waals surface area (Å²) in [5.74, 6) is -1.12. The van der Waals surface area contributed by atoms with Gasteiger partial charge in [0.25, 0.3) is 0 Å². The molecule has 0 radical (unpaired) electrons. The highest BCUT2D eigenvalue weighted by molar-refractivity contribution is 5.81. The molecule has 1 aliphatic heterocycles. The maximum Gasteiger partial charge on any atom is 0.307 e. The van der Waals surface area contributed by atoms with Crippen molar-refractivity contribution in [1.82, 2.24) is 10.2 Å². The number of hydrogen-bond acceptors (Lipinski definition) is 3. The van der Waals surface area contributed by atoms with Crippen molar-refractivity contribution >= 4 is 11.9 Å². The maximum absolute atomic E-state index is 11.8. The summed E-state index contributed by atoms with van der Waals surface area (Å²) in [5, 5.41) is 11.9. The predicted octanol–water partition coefficient (Wildman–Crippen LogP) is 0.696. The standard InChI is InChI=1S/C12H22N2O3/c1-8(2)13-11(15)9(3)14-6-4-5-10(7-14)12(16)17/h8-10H,4-7H2,1-3H3,(H,13,15)(H,16,17). The van der Waals surface area contributed by atoms with Crippen LogP contribution in [0.4, 0.5) is 0 Å². The molecule has 1 heterocycles. The Balaban J connectivity index is 2.54. The van der Waals surface area contributed by atoms with E-state index in [-0.39, 0.29) is 23.9 Å². The number of likely N-dealkylation sites (tertiary alicyclic amines) is 1. The Morgan fingerprint density at radius 2 is 2.00 bits per heavy atom. The number of piperidine rings is 1. The van der Waals surface area contributed by atoms with Crippen LogP contribution in [-0.2, 0) is 9.59 Å². The van der Waals surface area contributed by atoms with Crippen molar-refractivity contribution in [3.8, 4) is 0 Å². The third-order valence-electron chi connectivity index (χ3n) is 3.16. The van der Waals surface area contributed by atoms with E-state index in [2.05, 4.69) is 5.32 Å². The van der Waals surface area contributed by atoms with E-state index in [0.717, 1.165) is 13.0 Å². The number of nitrogens with zero attached hydrogens (tertiary/aromatic N) is 1. The van der Waals surface area contributed by atoms with E-state index in [9.17, 15) is 9.59 Å². The summed E-state index contributed by atoms with van der Waals surface area (Å²) < 4.78 is 0. The molecule has 0 saturated carbocycles. The molecule has 1 saturated heterocycles. The zero-order valence-electron chi connectivity index (χ0n) is 10.8. The Bertz CT molecular complexity index is 291. The van der Waals surface area contributed by atoms with Crippen LogP contribution in [0.25, 0.3) is 0 Å². The molecule has 0 aromatic heterocycles. The van der Waals surface area contributed by atoms with Gasteiger partial charge in [0.05, 0.1) is 12.0 Å². The first-order valence-electron chi connectivity index (χ1n) is 6.19. The van der Waals surface area contributed by atoms with Crippen LogP contribution in [0.15, 0.2) is 0 Å². The van der Waals surface area contributed by atoms with E-state index in [1.807, 2.05) is 25.7 Å². The Morgan fingerprint density at radius 3 is 2.53 bits per heavy atom.